The molecule has 204 valence electrons. The van der Waals surface area contributed by atoms with Gasteiger partial charge in [-0.25, -0.2) is 10.2 Å². The Morgan fingerprint density at radius 3 is 2.00 bits per heavy atom. The van der Waals surface area contributed by atoms with Crippen molar-refractivity contribution >= 4 is 18.1 Å². The van der Waals surface area contributed by atoms with Crippen LogP contribution in [0, 0.1) is 0 Å². The van der Waals surface area contributed by atoms with Gasteiger partial charge in [0.1, 0.15) is 29.6 Å². The molecule has 0 aromatic heterocycles. The second-order valence-electron chi connectivity index (χ2n) is 8.66. The van der Waals surface area contributed by atoms with Gasteiger partial charge in [-0.05, 0) is 90.3 Å². The Balaban J connectivity index is 1.16. The van der Waals surface area contributed by atoms with E-state index in [4.69, 9.17) is 18.9 Å². The summed E-state index contributed by atoms with van der Waals surface area (Å²) in [4.78, 5) is 24.5. The lowest BCUT2D eigenvalue weighted by molar-refractivity contribution is -0.123. The average Bonchev–Trinajstić information content (AvgIpc) is 3.00. The third-order valence-corrected chi connectivity index (χ3v) is 5.50. The summed E-state index contributed by atoms with van der Waals surface area (Å²) in [5, 5.41) is 3.94. The number of amides is 1. The van der Waals surface area contributed by atoms with Gasteiger partial charge < -0.3 is 18.9 Å². The van der Waals surface area contributed by atoms with Crippen LogP contribution in [0.3, 0.4) is 0 Å². The topological polar surface area (TPSA) is 95.5 Å². The molecule has 0 radical (unpaired) electrons. The Labute approximate surface area is 233 Å². The van der Waals surface area contributed by atoms with Crippen LogP contribution in [0.1, 0.15) is 34.8 Å². The van der Waals surface area contributed by atoms with E-state index in [-0.39, 0.29) is 6.61 Å². The average molecular weight is 539 g/mol. The van der Waals surface area contributed by atoms with Gasteiger partial charge in [-0.3, -0.25) is 4.79 Å². The third kappa shape index (κ3) is 9.02. The fraction of sp³-hybridized carbons (Fsp3) is 0.156. The van der Waals surface area contributed by atoms with Crippen LogP contribution in [0.15, 0.2) is 108 Å². The van der Waals surface area contributed by atoms with Gasteiger partial charge in [0, 0.05) is 0 Å². The van der Waals surface area contributed by atoms with Gasteiger partial charge in [0.05, 0.1) is 18.4 Å². The number of nitrogens with one attached hydrogen (secondary N) is 1. The maximum absolute atomic E-state index is 12.4. The highest BCUT2D eigenvalue weighted by molar-refractivity contribution is 5.91. The van der Waals surface area contributed by atoms with Gasteiger partial charge in [0.2, 0.25) is 0 Å². The second kappa shape index (κ2) is 14.7. The number of ether oxygens (including phenoxy) is 4. The highest BCUT2D eigenvalue weighted by Gasteiger charge is 2.09. The highest BCUT2D eigenvalue weighted by atomic mass is 16.5. The Kier molecular flexibility index (Phi) is 10.3. The molecule has 0 heterocycles. The number of carbonyl (C=O) groups is 2. The minimum Gasteiger partial charge on any atom is -0.494 e. The third-order valence-electron chi connectivity index (χ3n) is 5.50. The molecule has 0 atom stereocenters. The molecule has 0 aliphatic rings. The summed E-state index contributed by atoms with van der Waals surface area (Å²) < 4.78 is 22.2. The lowest BCUT2D eigenvalue weighted by Crippen LogP contribution is -2.24. The van der Waals surface area contributed by atoms with E-state index in [1.807, 2.05) is 37.3 Å². The Morgan fingerprint density at radius 1 is 0.725 bits per heavy atom. The summed E-state index contributed by atoms with van der Waals surface area (Å²) in [6.07, 6.45) is 2.39. The van der Waals surface area contributed by atoms with E-state index < -0.39 is 11.9 Å². The first-order valence-electron chi connectivity index (χ1n) is 12.9. The molecule has 0 spiro atoms. The summed E-state index contributed by atoms with van der Waals surface area (Å²) in [7, 11) is 0. The normalized spacial score (nSPS) is 10.6. The second-order valence-corrected chi connectivity index (χ2v) is 8.66. The van der Waals surface area contributed by atoms with E-state index >= 15 is 0 Å². The molecular weight excluding hydrogens is 508 g/mol. The molecule has 0 saturated heterocycles. The van der Waals surface area contributed by atoms with E-state index in [1.165, 1.54) is 6.21 Å². The monoisotopic (exact) mass is 538 g/mol. The number of rotatable bonds is 13. The van der Waals surface area contributed by atoms with Crippen molar-refractivity contribution in [1.82, 2.24) is 5.43 Å². The predicted molar refractivity (Wildman–Crippen MR) is 152 cm³/mol. The van der Waals surface area contributed by atoms with Gasteiger partial charge in [-0.2, -0.15) is 5.10 Å². The number of benzene rings is 4. The lowest BCUT2D eigenvalue weighted by atomic mass is 10.2. The van der Waals surface area contributed by atoms with Crippen molar-refractivity contribution in [2.24, 2.45) is 5.10 Å². The number of hydrazone groups is 1. The molecule has 4 aromatic rings. The molecule has 1 N–H and O–H groups in total. The molecule has 8 nitrogen and oxygen atoms in total. The number of nitrogens with zero attached hydrogens (tertiary/aromatic N) is 1. The maximum Gasteiger partial charge on any atom is 0.343 e. The molecule has 4 aromatic carbocycles. The van der Waals surface area contributed by atoms with E-state index in [2.05, 4.69) is 10.5 Å². The van der Waals surface area contributed by atoms with Crippen LogP contribution >= 0.6 is 0 Å². The summed E-state index contributed by atoms with van der Waals surface area (Å²) in [5.74, 6) is 1.47. The van der Waals surface area contributed by atoms with Gasteiger partial charge >= 0.3 is 5.97 Å². The minimum absolute atomic E-state index is 0.192. The number of esters is 1. The summed E-state index contributed by atoms with van der Waals surface area (Å²) in [5.41, 5.74) is 4.64. The number of carbonyl (C=O) groups excluding carboxylic acids is 2. The van der Waals surface area contributed by atoms with Crippen molar-refractivity contribution in [3.05, 3.63) is 120 Å². The van der Waals surface area contributed by atoms with E-state index in [1.54, 1.807) is 72.8 Å². The van der Waals surface area contributed by atoms with Crippen molar-refractivity contribution in [1.29, 1.82) is 0 Å². The van der Waals surface area contributed by atoms with Crippen molar-refractivity contribution in [3.63, 3.8) is 0 Å². The predicted octanol–water partition coefficient (Wildman–Crippen LogP) is 5.80. The first kappa shape index (κ1) is 27.9. The zero-order valence-electron chi connectivity index (χ0n) is 22.1. The van der Waals surface area contributed by atoms with Crippen molar-refractivity contribution in [3.8, 4) is 23.0 Å². The standard InChI is InChI=1S/C32H30N2O6/c1-2-20-37-27-14-10-26(11-15-27)32(36)40-30-12-8-24(9-13-30)21-33-34-31(35)23-39-29-18-16-28(17-19-29)38-22-25-6-4-3-5-7-25/h3-19,21H,2,20,22-23H2,1H3,(H,34,35)/b33-21-. The quantitative estimate of drug-likeness (QED) is 0.100. The Morgan fingerprint density at radius 2 is 1.32 bits per heavy atom. The molecular formula is C32H30N2O6. The maximum atomic E-state index is 12.4. The van der Waals surface area contributed by atoms with Crippen molar-refractivity contribution in [2.45, 2.75) is 20.0 Å². The van der Waals surface area contributed by atoms with Crippen LogP contribution in [0.5, 0.6) is 23.0 Å². The smallest absolute Gasteiger partial charge is 0.343 e. The summed E-state index contributed by atoms with van der Waals surface area (Å²) >= 11 is 0. The fourth-order valence-corrected chi connectivity index (χ4v) is 3.43. The van der Waals surface area contributed by atoms with Gasteiger partial charge in [0.15, 0.2) is 6.61 Å². The fourth-order valence-electron chi connectivity index (χ4n) is 3.43. The van der Waals surface area contributed by atoms with Crippen LogP contribution in [0.4, 0.5) is 0 Å². The lowest BCUT2D eigenvalue weighted by Gasteiger charge is -2.08. The molecule has 0 aliphatic carbocycles. The molecule has 1 amide bonds. The SMILES string of the molecule is CCCOc1ccc(C(=O)Oc2ccc(/C=N\NC(=O)COc3ccc(OCc4ccccc4)cc3)cc2)cc1. The van der Waals surface area contributed by atoms with Crippen molar-refractivity contribution in [2.75, 3.05) is 13.2 Å². The van der Waals surface area contributed by atoms with Crippen LogP contribution in [-0.4, -0.2) is 31.3 Å². The molecule has 8 heteroatoms. The van der Waals surface area contributed by atoms with Gasteiger partial charge in [0.25, 0.3) is 5.91 Å². The molecule has 0 bridgehead atoms. The van der Waals surface area contributed by atoms with Crippen molar-refractivity contribution < 1.29 is 28.5 Å². The minimum atomic E-state index is -0.468. The van der Waals surface area contributed by atoms with E-state index in [0.29, 0.717) is 47.3 Å². The molecule has 0 saturated carbocycles. The highest BCUT2D eigenvalue weighted by Crippen LogP contribution is 2.19. The largest absolute Gasteiger partial charge is 0.494 e. The Hall–Kier alpha value is -5.11. The number of hydrogen-bond donors (Lipinski definition) is 1. The van der Waals surface area contributed by atoms with E-state index in [0.717, 1.165) is 12.0 Å². The van der Waals surface area contributed by atoms with Crippen LogP contribution < -0.4 is 24.4 Å². The first-order valence-corrected chi connectivity index (χ1v) is 12.9. The molecule has 0 fully saturated rings. The van der Waals surface area contributed by atoms with Gasteiger partial charge in [-0.15, -0.1) is 0 Å². The van der Waals surface area contributed by atoms with E-state index in [9.17, 15) is 9.59 Å². The molecule has 4 rings (SSSR count). The summed E-state index contributed by atoms with van der Waals surface area (Å²) in [6, 6.07) is 30.5. The summed E-state index contributed by atoms with van der Waals surface area (Å²) in [6.45, 7) is 2.93. The van der Waals surface area contributed by atoms with Crippen LogP contribution in [-0.2, 0) is 11.4 Å². The zero-order chi connectivity index (χ0) is 28.0. The molecule has 0 aliphatic heterocycles. The van der Waals surface area contributed by atoms with Crippen LogP contribution in [0.2, 0.25) is 0 Å². The first-order chi connectivity index (χ1) is 19.6. The molecule has 0 unspecified atom stereocenters. The Bertz CT molecular complexity index is 1390. The van der Waals surface area contributed by atoms with Gasteiger partial charge in [-0.1, -0.05) is 37.3 Å². The van der Waals surface area contributed by atoms with Crippen LogP contribution in [0.25, 0.3) is 0 Å². The molecule has 40 heavy (non-hydrogen) atoms. The number of hydrogen-bond acceptors (Lipinski definition) is 7. The zero-order valence-corrected chi connectivity index (χ0v) is 22.1.